The van der Waals surface area contributed by atoms with E-state index in [1.807, 2.05) is 45.0 Å². The Morgan fingerprint density at radius 1 is 1.08 bits per heavy atom. The van der Waals surface area contributed by atoms with Gasteiger partial charge < -0.3 is 10.2 Å². The third kappa shape index (κ3) is 2.54. The number of phenolic OH excluding ortho intramolecular Hbond substituents is 2. The smallest absolute Gasteiger partial charge is 0.265 e. The number of fused-ring (bicyclic) bond motifs is 1. The standard InChI is InChI=1S/C20H21NO3/c1-4-15-18(22)16(12(2)3)9-17(19(15)23)20(24)21-10-13-7-5-6-8-14(13)11-21/h5-12,22-23H,4H2,1-3H3. The molecule has 1 heterocycles. The Labute approximate surface area is 141 Å². The highest BCUT2D eigenvalue weighted by atomic mass is 16.3. The van der Waals surface area contributed by atoms with E-state index in [1.54, 1.807) is 18.5 Å². The fourth-order valence-corrected chi connectivity index (χ4v) is 3.02. The summed E-state index contributed by atoms with van der Waals surface area (Å²) in [4.78, 5) is 12.9. The zero-order valence-electron chi connectivity index (χ0n) is 14.1. The molecule has 4 nitrogen and oxygen atoms in total. The first-order chi connectivity index (χ1) is 11.4. The van der Waals surface area contributed by atoms with Crippen molar-refractivity contribution < 1.29 is 15.0 Å². The van der Waals surface area contributed by atoms with Gasteiger partial charge in [-0.1, -0.05) is 45.0 Å². The van der Waals surface area contributed by atoms with Crippen LogP contribution in [-0.4, -0.2) is 20.7 Å². The third-order valence-electron chi connectivity index (χ3n) is 4.39. The minimum Gasteiger partial charge on any atom is -0.507 e. The lowest BCUT2D eigenvalue weighted by atomic mass is 9.93. The maximum absolute atomic E-state index is 12.9. The lowest BCUT2D eigenvalue weighted by Gasteiger charge is -2.16. The van der Waals surface area contributed by atoms with E-state index in [-0.39, 0.29) is 28.9 Å². The Morgan fingerprint density at radius 3 is 2.17 bits per heavy atom. The van der Waals surface area contributed by atoms with Crippen molar-refractivity contribution in [1.29, 1.82) is 0 Å². The number of aromatic nitrogens is 1. The van der Waals surface area contributed by atoms with Crippen molar-refractivity contribution in [1.82, 2.24) is 4.57 Å². The lowest BCUT2D eigenvalue weighted by Crippen LogP contribution is -2.12. The van der Waals surface area contributed by atoms with Crippen molar-refractivity contribution in [3.63, 3.8) is 0 Å². The molecule has 3 rings (SSSR count). The second-order valence-electron chi connectivity index (χ2n) is 6.30. The molecule has 0 atom stereocenters. The second-order valence-corrected chi connectivity index (χ2v) is 6.30. The third-order valence-corrected chi connectivity index (χ3v) is 4.39. The van der Waals surface area contributed by atoms with E-state index < -0.39 is 0 Å². The molecule has 2 aromatic carbocycles. The number of phenols is 2. The fraction of sp³-hybridized carbons (Fsp3) is 0.250. The Bertz CT molecular complexity index is 889. The number of rotatable bonds is 3. The molecule has 0 radical (unpaired) electrons. The molecular formula is C20H21NO3. The number of hydrogen-bond acceptors (Lipinski definition) is 3. The average molecular weight is 323 g/mol. The summed E-state index contributed by atoms with van der Waals surface area (Å²) in [6.07, 6.45) is 3.96. The molecule has 0 saturated carbocycles. The van der Waals surface area contributed by atoms with Crippen LogP contribution in [0.2, 0.25) is 0 Å². The normalized spacial score (nSPS) is 11.3. The highest BCUT2D eigenvalue weighted by molar-refractivity contribution is 6.02. The average Bonchev–Trinajstić information content (AvgIpc) is 2.98. The molecular weight excluding hydrogens is 302 g/mol. The van der Waals surface area contributed by atoms with Crippen molar-refractivity contribution >= 4 is 16.7 Å². The second kappa shape index (κ2) is 6.04. The number of hydrogen-bond donors (Lipinski definition) is 2. The number of carbonyl (C=O) groups excluding carboxylic acids is 1. The summed E-state index contributed by atoms with van der Waals surface area (Å²) in [6.45, 7) is 5.74. The van der Waals surface area contributed by atoms with Gasteiger partial charge in [0.1, 0.15) is 11.5 Å². The molecule has 0 aliphatic carbocycles. The van der Waals surface area contributed by atoms with Crippen LogP contribution in [0.3, 0.4) is 0 Å². The molecule has 0 spiro atoms. The lowest BCUT2D eigenvalue weighted by molar-refractivity contribution is 0.0957. The first-order valence-corrected chi connectivity index (χ1v) is 8.13. The van der Waals surface area contributed by atoms with Crippen molar-refractivity contribution in [2.24, 2.45) is 0 Å². The highest BCUT2D eigenvalue weighted by Gasteiger charge is 2.22. The van der Waals surface area contributed by atoms with Gasteiger partial charge in [-0.2, -0.15) is 0 Å². The van der Waals surface area contributed by atoms with E-state index >= 15 is 0 Å². The minimum atomic E-state index is -0.305. The van der Waals surface area contributed by atoms with Gasteiger partial charge in [0.05, 0.1) is 5.56 Å². The van der Waals surface area contributed by atoms with Gasteiger partial charge in [0.15, 0.2) is 0 Å². The van der Waals surface area contributed by atoms with Gasteiger partial charge >= 0.3 is 0 Å². The molecule has 3 aromatic rings. The number of nitrogens with zero attached hydrogens (tertiary/aromatic N) is 1. The van der Waals surface area contributed by atoms with Gasteiger partial charge in [-0.15, -0.1) is 0 Å². The summed E-state index contributed by atoms with van der Waals surface area (Å²) >= 11 is 0. The monoisotopic (exact) mass is 323 g/mol. The van der Waals surface area contributed by atoms with E-state index in [0.29, 0.717) is 17.5 Å². The predicted octanol–water partition coefficient (Wildman–Crippen LogP) is 4.43. The zero-order valence-corrected chi connectivity index (χ0v) is 14.1. The molecule has 0 amide bonds. The molecule has 0 unspecified atom stereocenters. The molecule has 4 heteroatoms. The summed E-state index contributed by atoms with van der Waals surface area (Å²) in [6, 6.07) is 9.31. The fourth-order valence-electron chi connectivity index (χ4n) is 3.02. The first kappa shape index (κ1) is 16.1. The number of carbonyl (C=O) groups is 1. The van der Waals surface area contributed by atoms with Crippen LogP contribution in [0.1, 0.15) is 48.2 Å². The summed E-state index contributed by atoms with van der Waals surface area (Å²) < 4.78 is 1.49. The van der Waals surface area contributed by atoms with E-state index in [9.17, 15) is 15.0 Å². The van der Waals surface area contributed by atoms with Crippen LogP contribution >= 0.6 is 0 Å². The summed E-state index contributed by atoms with van der Waals surface area (Å²) in [5, 5.41) is 22.8. The molecule has 0 bridgehead atoms. The zero-order chi connectivity index (χ0) is 17.4. The molecule has 24 heavy (non-hydrogen) atoms. The minimum absolute atomic E-state index is 0.0474. The Balaban J connectivity index is 2.17. The summed E-state index contributed by atoms with van der Waals surface area (Å²) in [7, 11) is 0. The molecule has 0 saturated heterocycles. The van der Waals surface area contributed by atoms with Gasteiger partial charge in [0.2, 0.25) is 0 Å². The molecule has 124 valence electrons. The van der Waals surface area contributed by atoms with Crippen LogP contribution in [0.15, 0.2) is 42.7 Å². The van der Waals surface area contributed by atoms with Crippen LogP contribution in [-0.2, 0) is 6.42 Å². The van der Waals surface area contributed by atoms with Crippen LogP contribution in [0, 0.1) is 0 Å². The van der Waals surface area contributed by atoms with Crippen molar-refractivity contribution in [2.45, 2.75) is 33.1 Å². The predicted molar refractivity (Wildman–Crippen MR) is 94.9 cm³/mol. The number of benzene rings is 2. The van der Waals surface area contributed by atoms with Crippen LogP contribution in [0.25, 0.3) is 10.8 Å². The van der Waals surface area contributed by atoms with E-state index in [0.717, 1.165) is 10.8 Å². The summed E-state index contributed by atoms with van der Waals surface area (Å²) in [5.74, 6) is -0.312. The van der Waals surface area contributed by atoms with E-state index in [2.05, 4.69) is 0 Å². The van der Waals surface area contributed by atoms with Crippen molar-refractivity contribution in [3.05, 3.63) is 59.4 Å². The quantitative estimate of drug-likeness (QED) is 0.749. The van der Waals surface area contributed by atoms with E-state index in [4.69, 9.17) is 0 Å². The highest BCUT2D eigenvalue weighted by Crippen LogP contribution is 2.38. The summed E-state index contributed by atoms with van der Waals surface area (Å²) in [5.41, 5.74) is 1.31. The number of aromatic hydroxyl groups is 2. The molecule has 0 aliphatic rings. The maximum Gasteiger partial charge on any atom is 0.265 e. The Hall–Kier alpha value is -2.75. The maximum atomic E-state index is 12.9. The van der Waals surface area contributed by atoms with Gasteiger partial charge in [-0.25, -0.2) is 0 Å². The topological polar surface area (TPSA) is 62.5 Å². The van der Waals surface area contributed by atoms with Crippen molar-refractivity contribution in [2.75, 3.05) is 0 Å². The van der Waals surface area contributed by atoms with Crippen LogP contribution in [0.4, 0.5) is 0 Å². The van der Waals surface area contributed by atoms with Gasteiger partial charge in [0.25, 0.3) is 5.91 Å². The largest absolute Gasteiger partial charge is 0.507 e. The SMILES string of the molecule is CCc1c(O)c(C(=O)n2cc3ccccc3c2)cc(C(C)C)c1O. The van der Waals surface area contributed by atoms with E-state index in [1.165, 1.54) is 4.57 Å². The van der Waals surface area contributed by atoms with Crippen LogP contribution < -0.4 is 0 Å². The molecule has 1 aromatic heterocycles. The Kier molecular flexibility index (Phi) is 4.06. The molecule has 0 fully saturated rings. The van der Waals surface area contributed by atoms with Crippen molar-refractivity contribution in [3.8, 4) is 11.5 Å². The molecule has 2 N–H and O–H groups in total. The van der Waals surface area contributed by atoms with Gasteiger partial charge in [-0.05, 0) is 34.7 Å². The van der Waals surface area contributed by atoms with Gasteiger partial charge in [-0.3, -0.25) is 9.36 Å². The van der Waals surface area contributed by atoms with Crippen LogP contribution in [0.5, 0.6) is 11.5 Å². The Morgan fingerprint density at radius 2 is 1.67 bits per heavy atom. The first-order valence-electron chi connectivity index (χ1n) is 8.13. The van der Waals surface area contributed by atoms with Gasteiger partial charge in [0, 0.05) is 18.0 Å². The molecule has 0 aliphatic heterocycles.